The minimum atomic E-state index is -0.606. The summed E-state index contributed by atoms with van der Waals surface area (Å²) in [6.45, 7) is 0. The molecule has 1 unspecified atom stereocenters. The predicted octanol–water partition coefficient (Wildman–Crippen LogP) is 4.76. The van der Waals surface area contributed by atoms with Gasteiger partial charge in [-0.2, -0.15) is 0 Å². The Morgan fingerprint density at radius 3 is 2.76 bits per heavy atom. The Morgan fingerprint density at radius 1 is 1.19 bits per heavy atom. The largest absolute Gasteiger partial charge is 0.495 e. The van der Waals surface area contributed by atoms with Crippen LogP contribution in [0.25, 0.3) is 0 Å². The maximum Gasteiger partial charge on any atom is 0.137 e. The van der Waals surface area contributed by atoms with Crippen LogP contribution in [0.15, 0.2) is 24.3 Å². The van der Waals surface area contributed by atoms with Gasteiger partial charge in [-0.15, -0.1) is 11.3 Å². The van der Waals surface area contributed by atoms with E-state index in [1.807, 2.05) is 6.07 Å². The molecule has 3 rings (SSSR count). The Bertz CT molecular complexity index is 612. The molecule has 1 aliphatic rings. The summed E-state index contributed by atoms with van der Waals surface area (Å²) in [5.41, 5.74) is 2.24. The van der Waals surface area contributed by atoms with Crippen molar-refractivity contribution >= 4 is 22.9 Å². The second-order valence-electron chi connectivity index (χ2n) is 5.45. The van der Waals surface area contributed by atoms with Gasteiger partial charge in [-0.3, -0.25) is 0 Å². The van der Waals surface area contributed by atoms with E-state index in [9.17, 15) is 5.11 Å². The zero-order valence-corrected chi connectivity index (χ0v) is 13.6. The normalized spacial score (nSPS) is 16.1. The van der Waals surface area contributed by atoms with Gasteiger partial charge in [0.1, 0.15) is 11.9 Å². The molecule has 0 radical (unpaired) electrons. The van der Waals surface area contributed by atoms with Gasteiger partial charge in [-0.1, -0.05) is 24.1 Å². The Morgan fingerprint density at radius 2 is 2.00 bits per heavy atom. The Labute approximate surface area is 134 Å². The number of fused-ring (bicyclic) bond motifs is 1. The zero-order chi connectivity index (χ0) is 14.8. The van der Waals surface area contributed by atoms with Crippen molar-refractivity contribution in [1.29, 1.82) is 0 Å². The van der Waals surface area contributed by atoms with Gasteiger partial charge in [0, 0.05) is 9.75 Å². The van der Waals surface area contributed by atoms with Crippen LogP contribution >= 0.6 is 22.9 Å². The first-order valence-corrected chi connectivity index (χ1v) is 8.51. The lowest BCUT2D eigenvalue weighted by Crippen LogP contribution is -1.97. The van der Waals surface area contributed by atoms with E-state index in [2.05, 4.69) is 6.07 Å². The molecule has 2 nitrogen and oxygen atoms in total. The molecule has 0 fully saturated rings. The predicted molar refractivity (Wildman–Crippen MR) is 87.6 cm³/mol. The average molecular weight is 323 g/mol. The van der Waals surface area contributed by atoms with Crippen molar-refractivity contribution in [1.82, 2.24) is 0 Å². The van der Waals surface area contributed by atoms with Crippen LogP contribution in [0.4, 0.5) is 0 Å². The summed E-state index contributed by atoms with van der Waals surface area (Å²) in [4.78, 5) is 2.46. The van der Waals surface area contributed by atoms with Gasteiger partial charge in [-0.25, -0.2) is 0 Å². The summed E-state index contributed by atoms with van der Waals surface area (Å²) in [7, 11) is 1.59. The summed E-state index contributed by atoms with van der Waals surface area (Å²) < 4.78 is 5.15. The SMILES string of the molecule is COc1ccc(C(O)c2cc3c(s2)CCCCC3)cc1Cl. The first-order chi connectivity index (χ1) is 10.2. The third kappa shape index (κ3) is 3.10. The third-order valence-corrected chi connectivity index (χ3v) is 5.61. The molecule has 4 heteroatoms. The maximum absolute atomic E-state index is 10.6. The third-order valence-electron chi connectivity index (χ3n) is 4.03. The van der Waals surface area contributed by atoms with E-state index in [0.29, 0.717) is 10.8 Å². The molecule has 0 spiro atoms. The highest BCUT2D eigenvalue weighted by Crippen LogP contribution is 2.36. The van der Waals surface area contributed by atoms with Gasteiger partial charge in [0.25, 0.3) is 0 Å². The van der Waals surface area contributed by atoms with Crippen LogP contribution in [0.1, 0.15) is 46.2 Å². The molecular formula is C17H19ClO2S. The van der Waals surface area contributed by atoms with Crippen molar-refractivity contribution in [2.75, 3.05) is 7.11 Å². The van der Waals surface area contributed by atoms with Crippen molar-refractivity contribution in [3.63, 3.8) is 0 Å². The number of methoxy groups -OCH3 is 1. The van der Waals surface area contributed by atoms with Crippen LogP contribution in [0, 0.1) is 0 Å². The number of aliphatic hydroxyl groups is 1. The smallest absolute Gasteiger partial charge is 0.137 e. The molecule has 2 aromatic rings. The Hall–Kier alpha value is -1.03. The van der Waals surface area contributed by atoms with Crippen LogP contribution in [-0.2, 0) is 12.8 Å². The van der Waals surface area contributed by atoms with Gasteiger partial charge in [0.2, 0.25) is 0 Å². The lowest BCUT2D eigenvalue weighted by molar-refractivity contribution is 0.224. The molecule has 1 N–H and O–H groups in total. The molecule has 1 aromatic heterocycles. The van der Waals surface area contributed by atoms with Crippen molar-refractivity contribution in [2.24, 2.45) is 0 Å². The van der Waals surface area contributed by atoms with E-state index in [-0.39, 0.29) is 0 Å². The fourth-order valence-electron chi connectivity index (χ4n) is 2.84. The highest BCUT2D eigenvalue weighted by atomic mass is 35.5. The average Bonchev–Trinajstić information content (AvgIpc) is 2.77. The van der Waals surface area contributed by atoms with E-state index < -0.39 is 6.10 Å². The van der Waals surface area contributed by atoms with Gasteiger partial charge >= 0.3 is 0 Å². The number of benzene rings is 1. The standard InChI is InChI=1S/C17H19ClO2S/c1-20-14-8-7-12(9-13(14)18)17(19)16-10-11-5-3-2-4-6-15(11)21-16/h7-10,17,19H,2-6H2,1H3. The minimum Gasteiger partial charge on any atom is -0.495 e. The molecule has 0 bridgehead atoms. The van der Waals surface area contributed by atoms with E-state index in [1.54, 1.807) is 30.6 Å². The molecule has 1 heterocycles. The molecule has 0 amide bonds. The fourth-order valence-corrected chi connectivity index (χ4v) is 4.38. The van der Waals surface area contributed by atoms with Crippen LogP contribution in [0.5, 0.6) is 5.75 Å². The quantitative estimate of drug-likeness (QED) is 0.825. The second-order valence-corrected chi connectivity index (χ2v) is 7.03. The molecule has 0 aliphatic heterocycles. The van der Waals surface area contributed by atoms with Crippen molar-refractivity contribution in [3.8, 4) is 5.75 Å². The molecule has 1 aliphatic carbocycles. The summed E-state index contributed by atoms with van der Waals surface area (Å²) in [6, 6.07) is 7.64. The van der Waals surface area contributed by atoms with Crippen molar-refractivity contribution < 1.29 is 9.84 Å². The monoisotopic (exact) mass is 322 g/mol. The fraction of sp³-hybridized carbons (Fsp3) is 0.412. The van der Waals surface area contributed by atoms with Crippen molar-refractivity contribution in [2.45, 2.75) is 38.2 Å². The molecule has 112 valence electrons. The second kappa shape index (κ2) is 6.39. The van der Waals surface area contributed by atoms with E-state index in [0.717, 1.165) is 23.3 Å². The lowest BCUT2D eigenvalue weighted by atomic mass is 10.1. The number of aryl methyl sites for hydroxylation is 2. The summed E-state index contributed by atoms with van der Waals surface area (Å²) in [5, 5.41) is 11.1. The van der Waals surface area contributed by atoms with Crippen LogP contribution in [-0.4, -0.2) is 12.2 Å². The molecule has 1 atom stereocenters. The molecule has 21 heavy (non-hydrogen) atoms. The molecule has 0 saturated carbocycles. The summed E-state index contributed by atoms with van der Waals surface area (Å²) in [5.74, 6) is 0.634. The number of thiophene rings is 1. The number of hydrogen-bond donors (Lipinski definition) is 1. The van der Waals surface area contributed by atoms with Crippen LogP contribution < -0.4 is 4.74 Å². The van der Waals surface area contributed by atoms with E-state index in [4.69, 9.17) is 16.3 Å². The number of hydrogen-bond acceptors (Lipinski definition) is 3. The van der Waals surface area contributed by atoms with Crippen LogP contribution in [0.3, 0.4) is 0 Å². The highest BCUT2D eigenvalue weighted by molar-refractivity contribution is 7.12. The zero-order valence-electron chi connectivity index (χ0n) is 12.1. The lowest BCUT2D eigenvalue weighted by Gasteiger charge is -2.11. The van der Waals surface area contributed by atoms with Crippen LogP contribution in [0.2, 0.25) is 5.02 Å². The van der Waals surface area contributed by atoms with Crippen molar-refractivity contribution in [3.05, 3.63) is 50.2 Å². The number of aliphatic hydroxyl groups excluding tert-OH is 1. The van der Waals surface area contributed by atoms with Gasteiger partial charge < -0.3 is 9.84 Å². The maximum atomic E-state index is 10.6. The van der Waals surface area contributed by atoms with E-state index in [1.165, 1.54) is 29.7 Å². The number of rotatable bonds is 3. The van der Waals surface area contributed by atoms with Gasteiger partial charge in [-0.05, 0) is 55.0 Å². The first kappa shape index (κ1) is 14.9. The topological polar surface area (TPSA) is 29.5 Å². The Balaban J connectivity index is 1.88. The molecular weight excluding hydrogens is 304 g/mol. The van der Waals surface area contributed by atoms with Gasteiger partial charge in [0.05, 0.1) is 12.1 Å². The first-order valence-electron chi connectivity index (χ1n) is 7.32. The molecule has 1 aromatic carbocycles. The summed E-state index contributed by atoms with van der Waals surface area (Å²) >= 11 is 7.89. The Kier molecular flexibility index (Phi) is 4.53. The highest BCUT2D eigenvalue weighted by Gasteiger charge is 2.19. The minimum absolute atomic E-state index is 0.534. The number of halogens is 1. The van der Waals surface area contributed by atoms with E-state index >= 15 is 0 Å². The number of ether oxygens (including phenoxy) is 1. The summed E-state index contributed by atoms with van der Waals surface area (Å²) in [6.07, 6.45) is 5.52. The van der Waals surface area contributed by atoms with Gasteiger partial charge in [0.15, 0.2) is 0 Å². The molecule has 0 saturated heterocycles.